The molecule has 0 fully saturated rings. The van der Waals surface area contributed by atoms with E-state index in [2.05, 4.69) is 15.3 Å². The third-order valence-corrected chi connectivity index (χ3v) is 3.26. The number of hydrogen-bond acceptors (Lipinski definition) is 3. The molecule has 2 N–H and O–H groups in total. The lowest BCUT2D eigenvalue weighted by molar-refractivity contribution is 0.411. The molecular weight excluding hydrogens is 233 g/mol. The number of aromatic nitrogens is 2. The minimum atomic E-state index is -0.246. The maximum absolute atomic E-state index is 14.0. The monoisotopic (exact) mass is 247 g/mol. The van der Waals surface area contributed by atoms with E-state index in [0.717, 1.165) is 24.4 Å². The predicted octanol–water partition coefficient (Wildman–Crippen LogP) is 1.79. The number of imidazole rings is 1. The molecule has 1 unspecified atom stereocenters. The molecule has 5 heteroatoms. The lowest BCUT2D eigenvalue weighted by atomic mass is 9.97. The van der Waals surface area contributed by atoms with Crippen molar-refractivity contribution in [2.24, 2.45) is 0 Å². The van der Waals surface area contributed by atoms with E-state index in [4.69, 9.17) is 4.74 Å². The van der Waals surface area contributed by atoms with Gasteiger partial charge in [-0.25, -0.2) is 9.37 Å². The molecule has 0 radical (unpaired) electrons. The van der Waals surface area contributed by atoms with Crippen molar-refractivity contribution in [1.82, 2.24) is 15.3 Å². The van der Waals surface area contributed by atoms with Crippen molar-refractivity contribution in [3.8, 4) is 5.75 Å². The maximum atomic E-state index is 14.0. The molecule has 2 heterocycles. The van der Waals surface area contributed by atoms with Gasteiger partial charge in [0.2, 0.25) is 0 Å². The number of aromatic amines is 1. The molecule has 4 nitrogen and oxygen atoms in total. The highest BCUT2D eigenvalue weighted by Gasteiger charge is 2.26. The van der Waals surface area contributed by atoms with Crippen LogP contribution in [0.15, 0.2) is 24.5 Å². The molecule has 0 amide bonds. The quantitative estimate of drug-likeness (QED) is 0.850. The topological polar surface area (TPSA) is 49.9 Å². The van der Waals surface area contributed by atoms with Crippen LogP contribution >= 0.6 is 0 Å². The summed E-state index contributed by atoms with van der Waals surface area (Å²) in [6.45, 7) is 0.802. The van der Waals surface area contributed by atoms with E-state index in [1.807, 2.05) is 0 Å². The van der Waals surface area contributed by atoms with Crippen LogP contribution < -0.4 is 10.1 Å². The molecule has 0 saturated carbocycles. The summed E-state index contributed by atoms with van der Waals surface area (Å²) in [5.41, 5.74) is 2.51. The number of rotatable bonds is 2. The number of benzene rings is 1. The molecule has 0 saturated heterocycles. The lowest BCUT2D eigenvalue weighted by Gasteiger charge is -2.24. The first-order chi connectivity index (χ1) is 8.79. The minimum absolute atomic E-state index is 0.213. The molecule has 1 atom stereocenters. The van der Waals surface area contributed by atoms with Gasteiger partial charge in [-0.05, 0) is 18.2 Å². The summed E-state index contributed by atoms with van der Waals surface area (Å²) < 4.78 is 19.1. The highest BCUT2D eigenvalue weighted by atomic mass is 19.1. The van der Waals surface area contributed by atoms with Crippen LogP contribution in [-0.2, 0) is 6.42 Å². The van der Waals surface area contributed by atoms with Crippen LogP contribution in [0.2, 0.25) is 0 Å². The maximum Gasteiger partial charge on any atom is 0.128 e. The van der Waals surface area contributed by atoms with Crippen molar-refractivity contribution in [3.05, 3.63) is 47.3 Å². The van der Waals surface area contributed by atoms with E-state index in [0.29, 0.717) is 11.3 Å². The summed E-state index contributed by atoms with van der Waals surface area (Å²) >= 11 is 0. The van der Waals surface area contributed by atoms with Crippen LogP contribution in [0.1, 0.15) is 23.0 Å². The highest BCUT2D eigenvalue weighted by Crippen LogP contribution is 2.30. The zero-order valence-corrected chi connectivity index (χ0v) is 10.0. The van der Waals surface area contributed by atoms with Crippen molar-refractivity contribution in [3.63, 3.8) is 0 Å². The molecule has 0 bridgehead atoms. The summed E-state index contributed by atoms with van der Waals surface area (Å²) in [6, 6.07) is 4.55. The molecule has 94 valence electrons. The fourth-order valence-electron chi connectivity index (χ4n) is 2.35. The Morgan fingerprint density at radius 3 is 3.17 bits per heavy atom. The fraction of sp³-hybridized carbons (Fsp3) is 0.308. The van der Waals surface area contributed by atoms with Gasteiger partial charge in [0.25, 0.3) is 0 Å². The Morgan fingerprint density at radius 2 is 2.33 bits per heavy atom. The smallest absolute Gasteiger partial charge is 0.128 e. The van der Waals surface area contributed by atoms with Crippen LogP contribution in [0.25, 0.3) is 0 Å². The average molecular weight is 247 g/mol. The Morgan fingerprint density at radius 1 is 1.44 bits per heavy atom. The number of methoxy groups -OCH3 is 1. The van der Waals surface area contributed by atoms with Gasteiger partial charge in [-0.3, -0.25) is 0 Å². The molecule has 18 heavy (non-hydrogen) atoms. The van der Waals surface area contributed by atoms with Crippen LogP contribution in [0.4, 0.5) is 4.39 Å². The van der Waals surface area contributed by atoms with Crippen molar-refractivity contribution < 1.29 is 9.13 Å². The predicted molar refractivity (Wildman–Crippen MR) is 65.1 cm³/mol. The van der Waals surface area contributed by atoms with Crippen molar-refractivity contribution in [2.45, 2.75) is 12.5 Å². The number of ether oxygens (including phenoxy) is 1. The molecule has 0 spiro atoms. The van der Waals surface area contributed by atoms with Gasteiger partial charge in [-0.1, -0.05) is 0 Å². The molecule has 3 rings (SSSR count). The molecule has 1 aliphatic heterocycles. The van der Waals surface area contributed by atoms with E-state index in [9.17, 15) is 4.39 Å². The van der Waals surface area contributed by atoms with E-state index in [1.54, 1.807) is 25.6 Å². The van der Waals surface area contributed by atoms with Crippen LogP contribution in [0.5, 0.6) is 5.75 Å². The summed E-state index contributed by atoms with van der Waals surface area (Å²) in [4.78, 5) is 7.39. The molecule has 0 aliphatic carbocycles. The molecule has 1 aromatic heterocycles. The van der Waals surface area contributed by atoms with Gasteiger partial charge in [0.1, 0.15) is 11.6 Å². The van der Waals surface area contributed by atoms with Gasteiger partial charge in [0.05, 0.1) is 25.2 Å². The van der Waals surface area contributed by atoms with Crippen LogP contribution in [0, 0.1) is 5.82 Å². The zero-order chi connectivity index (χ0) is 12.5. The van der Waals surface area contributed by atoms with E-state index in [-0.39, 0.29) is 11.9 Å². The Labute approximate surface area is 104 Å². The van der Waals surface area contributed by atoms with Gasteiger partial charge in [-0.2, -0.15) is 0 Å². The van der Waals surface area contributed by atoms with Gasteiger partial charge in [-0.15, -0.1) is 0 Å². The fourth-order valence-corrected chi connectivity index (χ4v) is 2.35. The molecular formula is C13H14FN3O. The van der Waals surface area contributed by atoms with Gasteiger partial charge in [0.15, 0.2) is 0 Å². The Hall–Kier alpha value is -1.88. The SMILES string of the molecule is COc1ccc(F)c(C2NCCc3[nH]cnc32)c1. The van der Waals surface area contributed by atoms with Crippen LogP contribution in [-0.4, -0.2) is 23.6 Å². The van der Waals surface area contributed by atoms with Crippen molar-refractivity contribution >= 4 is 0 Å². The summed E-state index contributed by atoms with van der Waals surface area (Å²) in [7, 11) is 1.57. The summed E-state index contributed by atoms with van der Waals surface area (Å²) in [5, 5.41) is 3.29. The Kier molecular flexibility index (Phi) is 2.76. The first-order valence-electron chi connectivity index (χ1n) is 5.88. The second kappa shape index (κ2) is 4.42. The first-order valence-corrected chi connectivity index (χ1v) is 5.88. The largest absolute Gasteiger partial charge is 0.497 e. The average Bonchev–Trinajstić information content (AvgIpc) is 2.87. The third kappa shape index (κ3) is 1.76. The normalized spacial score (nSPS) is 18.4. The zero-order valence-electron chi connectivity index (χ0n) is 10.0. The van der Waals surface area contributed by atoms with E-state index >= 15 is 0 Å². The number of hydrogen-bond donors (Lipinski definition) is 2. The van der Waals surface area contributed by atoms with Crippen molar-refractivity contribution in [2.75, 3.05) is 13.7 Å². The standard InChI is InChI=1S/C13H14FN3O/c1-18-8-2-3-10(14)9(6-8)12-13-11(4-5-15-12)16-7-17-13/h2-3,6-7,12,15H,4-5H2,1H3,(H,16,17). The number of H-pyrrole nitrogens is 1. The number of nitrogens with zero attached hydrogens (tertiary/aromatic N) is 1. The first kappa shape index (κ1) is 11.2. The van der Waals surface area contributed by atoms with Gasteiger partial charge in [0, 0.05) is 24.2 Å². The number of halogens is 1. The Bertz CT molecular complexity index is 567. The highest BCUT2D eigenvalue weighted by molar-refractivity contribution is 5.38. The second-order valence-corrected chi connectivity index (χ2v) is 4.29. The number of fused-ring (bicyclic) bond motifs is 1. The number of nitrogens with one attached hydrogen (secondary N) is 2. The third-order valence-electron chi connectivity index (χ3n) is 3.26. The summed E-state index contributed by atoms with van der Waals surface area (Å²) in [5.74, 6) is 0.403. The van der Waals surface area contributed by atoms with Gasteiger partial charge < -0.3 is 15.0 Å². The van der Waals surface area contributed by atoms with Gasteiger partial charge >= 0.3 is 0 Å². The van der Waals surface area contributed by atoms with E-state index < -0.39 is 0 Å². The Balaban J connectivity index is 2.06. The molecule has 2 aromatic rings. The second-order valence-electron chi connectivity index (χ2n) is 4.29. The van der Waals surface area contributed by atoms with Crippen LogP contribution in [0.3, 0.4) is 0 Å². The minimum Gasteiger partial charge on any atom is -0.497 e. The lowest BCUT2D eigenvalue weighted by Crippen LogP contribution is -2.31. The summed E-state index contributed by atoms with van der Waals surface area (Å²) in [6.07, 6.45) is 2.54. The van der Waals surface area contributed by atoms with E-state index in [1.165, 1.54) is 6.07 Å². The van der Waals surface area contributed by atoms with Crippen molar-refractivity contribution in [1.29, 1.82) is 0 Å². The molecule has 1 aromatic carbocycles. The molecule has 1 aliphatic rings.